The first-order valence-electron chi connectivity index (χ1n) is 20.4. The van der Waals surface area contributed by atoms with E-state index in [-0.39, 0.29) is 81.0 Å². The van der Waals surface area contributed by atoms with Crippen LogP contribution in [0.1, 0.15) is 156 Å². The molecule has 12 heteroatoms. The van der Waals surface area contributed by atoms with Crippen LogP contribution in [0.4, 0.5) is 0 Å². The minimum absolute atomic E-state index is 0.0652. The molecule has 0 heterocycles. The maximum atomic E-state index is 12.2. The number of Topliss-reactive ketones (excluding diaryl/α,β-unsaturated/α-hetero) is 4. The number of unbranched alkanes of at least 4 members (excludes halogenated alkanes) is 13. The molecular formula is C41H73NO11. The fraction of sp³-hybridized carbons (Fsp3) is 0.854. The summed E-state index contributed by atoms with van der Waals surface area (Å²) in [5.74, 6) is -1.42. The Labute approximate surface area is 319 Å². The minimum Gasteiger partial charge on any atom is -0.481 e. The van der Waals surface area contributed by atoms with Crippen molar-refractivity contribution in [3.05, 3.63) is 0 Å². The molecule has 0 aliphatic carbocycles. The van der Waals surface area contributed by atoms with Crippen molar-refractivity contribution in [3.63, 3.8) is 0 Å². The third kappa shape index (κ3) is 36.2. The molecule has 0 saturated heterocycles. The average Bonchev–Trinajstić information content (AvgIpc) is 3.11. The highest BCUT2D eigenvalue weighted by atomic mass is 16.5. The van der Waals surface area contributed by atoms with Crippen LogP contribution in [0.25, 0.3) is 0 Å². The van der Waals surface area contributed by atoms with E-state index < -0.39 is 11.9 Å². The molecule has 308 valence electrons. The van der Waals surface area contributed by atoms with Crippen molar-refractivity contribution in [3.8, 4) is 0 Å². The Balaban J connectivity index is 3.47. The number of carboxylic acid groups (broad SMARTS) is 1. The lowest BCUT2D eigenvalue weighted by atomic mass is 9.91. The van der Waals surface area contributed by atoms with Crippen LogP contribution >= 0.6 is 0 Å². The average molecular weight is 756 g/mol. The summed E-state index contributed by atoms with van der Waals surface area (Å²) in [7, 11) is 0. The lowest BCUT2D eigenvalue weighted by molar-refractivity contribution is -0.137. The Kier molecular flexibility index (Phi) is 34.7. The molecule has 0 rings (SSSR count). The second-order valence-electron chi connectivity index (χ2n) is 14.4. The molecule has 0 fully saturated rings. The van der Waals surface area contributed by atoms with Gasteiger partial charge < -0.3 is 29.4 Å². The van der Waals surface area contributed by atoms with Crippen molar-refractivity contribution in [2.24, 2.45) is 11.8 Å². The van der Waals surface area contributed by atoms with Gasteiger partial charge in [0.25, 0.3) is 0 Å². The summed E-state index contributed by atoms with van der Waals surface area (Å²) < 4.78 is 21.6. The van der Waals surface area contributed by atoms with Gasteiger partial charge in [-0.1, -0.05) is 90.9 Å². The Morgan fingerprint density at radius 1 is 0.528 bits per heavy atom. The van der Waals surface area contributed by atoms with Crippen molar-refractivity contribution in [1.29, 1.82) is 0 Å². The largest absolute Gasteiger partial charge is 0.481 e. The monoisotopic (exact) mass is 756 g/mol. The van der Waals surface area contributed by atoms with Gasteiger partial charge in [0.2, 0.25) is 5.91 Å². The van der Waals surface area contributed by atoms with E-state index in [4.69, 9.17) is 24.1 Å². The molecule has 0 radical (unpaired) electrons. The normalized spacial score (nSPS) is 11.8. The maximum absolute atomic E-state index is 12.2. The number of hydrogen-bond acceptors (Lipinski definition) is 10. The topological polar surface area (TPSA) is 172 Å². The standard InChI is InChI=1S/C41H73NO11/c1-34(2)39(46)23-22-36(35(3)43)31-38(45)32-52-29-28-51-26-24-42-40(47)33-53-30-27-50-25-18-20-37(44)19-16-14-12-10-8-6-4-5-7-9-11-13-15-17-21-41(48)49/h34,36H,4-33H2,1-3H3,(H,42,47)(H,48,49)/t36-/m1/s1. The fourth-order valence-corrected chi connectivity index (χ4v) is 5.71. The molecular weight excluding hydrogens is 682 g/mol. The minimum atomic E-state index is -0.692. The highest BCUT2D eigenvalue weighted by molar-refractivity contribution is 5.88. The molecule has 0 bridgehead atoms. The van der Waals surface area contributed by atoms with E-state index in [1.165, 1.54) is 64.7 Å². The molecule has 12 nitrogen and oxygen atoms in total. The number of rotatable bonds is 41. The Morgan fingerprint density at radius 2 is 1.00 bits per heavy atom. The van der Waals surface area contributed by atoms with Gasteiger partial charge in [0.1, 0.15) is 30.6 Å². The first-order valence-corrected chi connectivity index (χ1v) is 20.4. The van der Waals surface area contributed by atoms with Crippen molar-refractivity contribution in [1.82, 2.24) is 5.32 Å². The number of carbonyl (C=O) groups is 6. The number of nitrogens with one attached hydrogen (secondary N) is 1. The first kappa shape index (κ1) is 50.5. The molecule has 0 spiro atoms. The molecule has 1 amide bonds. The Hall–Kier alpha value is -2.54. The van der Waals surface area contributed by atoms with Gasteiger partial charge in [-0.2, -0.15) is 0 Å². The molecule has 0 saturated carbocycles. The predicted molar refractivity (Wildman–Crippen MR) is 205 cm³/mol. The van der Waals surface area contributed by atoms with Crippen LogP contribution in [0.2, 0.25) is 0 Å². The Morgan fingerprint density at radius 3 is 1.53 bits per heavy atom. The quantitative estimate of drug-likeness (QED) is 0.0615. The number of aliphatic carboxylic acids is 1. The van der Waals surface area contributed by atoms with Gasteiger partial charge in [0, 0.05) is 57.1 Å². The van der Waals surface area contributed by atoms with Gasteiger partial charge in [-0.25, -0.2) is 0 Å². The van der Waals surface area contributed by atoms with Crippen molar-refractivity contribution >= 4 is 35.0 Å². The van der Waals surface area contributed by atoms with E-state index in [0.717, 1.165) is 32.1 Å². The van der Waals surface area contributed by atoms with E-state index in [1.807, 2.05) is 13.8 Å². The van der Waals surface area contributed by atoms with Crippen molar-refractivity contribution in [2.75, 3.05) is 59.4 Å². The molecule has 0 aromatic rings. The number of ether oxygens (including phenoxy) is 4. The molecule has 0 unspecified atom stereocenters. The van der Waals surface area contributed by atoms with Gasteiger partial charge in [0.15, 0.2) is 5.78 Å². The number of amides is 1. The van der Waals surface area contributed by atoms with Gasteiger partial charge in [-0.05, 0) is 32.6 Å². The summed E-state index contributed by atoms with van der Waals surface area (Å²) in [5.41, 5.74) is 0. The van der Waals surface area contributed by atoms with Crippen LogP contribution in [-0.4, -0.2) is 99.5 Å². The lowest BCUT2D eigenvalue weighted by Crippen LogP contribution is -2.31. The fourth-order valence-electron chi connectivity index (χ4n) is 5.71. The van der Waals surface area contributed by atoms with Gasteiger partial charge in [-0.15, -0.1) is 0 Å². The Bertz CT molecular complexity index is 985. The summed E-state index contributed by atoms with van der Waals surface area (Å²) >= 11 is 0. The first-order chi connectivity index (χ1) is 25.5. The van der Waals surface area contributed by atoms with E-state index in [9.17, 15) is 28.8 Å². The predicted octanol–water partition coefficient (Wildman–Crippen LogP) is 7.01. The SMILES string of the molecule is CC(=O)[C@H](CCC(=O)C(C)C)CC(=O)COCCOCCNC(=O)COCCOCCCC(=O)CCCCCCCCCCCCCCCCC(=O)O. The van der Waals surface area contributed by atoms with E-state index in [1.54, 1.807) is 0 Å². The number of carboxylic acids is 1. The van der Waals surface area contributed by atoms with Gasteiger partial charge in [0.05, 0.1) is 33.0 Å². The second-order valence-corrected chi connectivity index (χ2v) is 14.4. The molecule has 0 aliphatic heterocycles. The number of carbonyl (C=O) groups excluding carboxylic acids is 5. The van der Waals surface area contributed by atoms with Crippen molar-refractivity contribution < 1.29 is 52.8 Å². The highest BCUT2D eigenvalue weighted by Gasteiger charge is 2.20. The van der Waals surface area contributed by atoms with Gasteiger partial charge >= 0.3 is 5.97 Å². The molecule has 2 N–H and O–H groups in total. The summed E-state index contributed by atoms with van der Waals surface area (Å²) in [6.07, 6.45) is 19.3. The molecule has 0 aliphatic rings. The highest BCUT2D eigenvalue weighted by Crippen LogP contribution is 2.16. The summed E-state index contributed by atoms with van der Waals surface area (Å²) in [6, 6.07) is 0. The zero-order valence-electron chi connectivity index (χ0n) is 33.4. The molecule has 53 heavy (non-hydrogen) atoms. The zero-order valence-corrected chi connectivity index (χ0v) is 33.4. The smallest absolute Gasteiger partial charge is 0.303 e. The lowest BCUT2D eigenvalue weighted by Gasteiger charge is -2.13. The van der Waals surface area contributed by atoms with E-state index in [2.05, 4.69) is 5.32 Å². The van der Waals surface area contributed by atoms with Crippen LogP contribution in [0.3, 0.4) is 0 Å². The number of ketones is 4. The van der Waals surface area contributed by atoms with Gasteiger partial charge in [-0.3, -0.25) is 28.8 Å². The molecule has 1 atom stereocenters. The van der Waals surface area contributed by atoms with Crippen LogP contribution in [-0.2, 0) is 47.7 Å². The third-order valence-corrected chi connectivity index (χ3v) is 9.08. The summed E-state index contributed by atoms with van der Waals surface area (Å²) in [5, 5.41) is 11.3. The van der Waals surface area contributed by atoms with Crippen LogP contribution < -0.4 is 5.32 Å². The van der Waals surface area contributed by atoms with Crippen LogP contribution in [0, 0.1) is 11.8 Å². The number of hydrogen-bond donors (Lipinski definition) is 2. The van der Waals surface area contributed by atoms with Crippen molar-refractivity contribution in [2.45, 2.75) is 156 Å². The van der Waals surface area contributed by atoms with Crippen LogP contribution in [0.5, 0.6) is 0 Å². The molecule has 0 aromatic carbocycles. The summed E-state index contributed by atoms with van der Waals surface area (Å²) in [4.78, 5) is 70.3. The maximum Gasteiger partial charge on any atom is 0.303 e. The molecule has 0 aromatic heterocycles. The zero-order chi connectivity index (χ0) is 39.4. The van der Waals surface area contributed by atoms with E-state index in [0.29, 0.717) is 58.3 Å². The summed E-state index contributed by atoms with van der Waals surface area (Å²) in [6.45, 7) is 7.06. The second kappa shape index (κ2) is 36.4. The third-order valence-electron chi connectivity index (χ3n) is 9.08. The van der Waals surface area contributed by atoms with E-state index >= 15 is 0 Å². The van der Waals surface area contributed by atoms with Crippen LogP contribution in [0.15, 0.2) is 0 Å².